The second-order valence-corrected chi connectivity index (χ2v) is 5.42. The largest absolute Gasteiger partial charge is 0.388 e. The summed E-state index contributed by atoms with van der Waals surface area (Å²) in [4.78, 5) is 0. The molecule has 0 spiro atoms. The fraction of sp³-hybridized carbons (Fsp3) is 0.143. The summed E-state index contributed by atoms with van der Waals surface area (Å²) in [5.41, 5.74) is 0.380. The van der Waals surface area contributed by atoms with Crippen molar-refractivity contribution >= 4 is 27.5 Å². The van der Waals surface area contributed by atoms with E-state index in [1.165, 1.54) is 24.3 Å². The number of aliphatic hydroxyl groups excluding tert-OH is 1. The van der Waals surface area contributed by atoms with Gasteiger partial charge in [-0.05, 0) is 23.8 Å². The fourth-order valence-corrected chi connectivity index (χ4v) is 2.32. The molecule has 1 N–H and O–H groups in total. The minimum Gasteiger partial charge on any atom is -0.388 e. The van der Waals surface area contributed by atoms with E-state index in [1.807, 2.05) is 0 Å². The highest BCUT2D eigenvalue weighted by Crippen LogP contribution is 2.26. The van der Waals surface area contributed by atoms with Gasteiger partial charge in [-0.15, -0.1) is 0 Å². The lowest BCUT2D eigenvalue weighted by molar-refractivity contribution is 0.172. The average molecular weight is 348 g/mol. The van der Waals surface area contributed by atoms with Crippen molar-refractivity contribution in [1.29, 1.82) is 0 Å². The quantitative estimate of drug-likeness (QED) is 0.856. The first kappa shape index (κ1) is 14.4. The van der Waals surface area contributed by atoms with E-state index in [0.717, 1.165) is 0 Å². The third-order valence-corrected chi connectivity index (χ3v) is 3.55. The van der Waals surface area contributed by atoms with Gasteiger partial charge in [-0.25, -0.2) is 8.78 Å². The van der Waals surface area contributed by atoms with Gasteiger partial charge >= 0.3 is 0 Å². The Balaban J connectivity index is 2.25. The second-order valence-electron chi connectivity index (χ2n) is 4.10. The van der Waals surface area contributed by atoms with Gasteiger partial charge in [0.25, 0.3) is 0 Å². The molecule has 0 fully saturated rings. The first-order valence-corrected chi connectivity index (χ1v) is 6.72. The highest BCUT2D eigenvalue weighted by atomic mass is 79.9. The molecule has 5 heteroatoms. The van der Waals surface area contributed by atoms with Crippen LogP contribution in [0.4, 0.5) is 8.78 Å². The molecule has 1 nitrogen and oxygen atoms in total. The van der Waals surface area contributed by atoms with Crippen molar-refractivity contribution in [1.82, 2.24) is 0 Å². The highest BCUT2D eigenvalue weighted by Gasteiger charge is 2.16. The standard InChI is InChI=1S/C14H10BrClF2O/c15-9-4-5-10(12(17)7-9)13(19)6-8-2-1-3-11(16)14(8)18/h1-5,7,13,19H,6H2. The number of rotatable bonds is 3. The Kier molecular flexibility index (Phi) is 4.55. The van der Waals surface area contributed by atoms with Crippen molar-refractivity contribution in [3.63, 3.8) is 0 Å². The molecule has 0 bridgehead atoms. The molecule has 1 atom stereocenters. The maximum atomic E-state index is 13.7. The van der Waals surface area contributed by atoms with E-state index in [1.54, 1.807) is 12.1 Å². The molecule has 0 amide bonds. The summed E-state index contributed by atoms with van der Waals surface area (Å²) in [6.45, 7) is 0. The van der Waals surface area contributed by atoms with Gasteiger partial charge in [-0.3, -0.25) is 0 Å². The molecular weight excluding hydrogens is 338 g/mol. The van der Waals surface area contributed by atoms with Crippen LogP contribution in [0.5, 0.6) is 0 Å². The Bertz CT molecular complexity index is 604. The molecule has 1 unspecified atom stereocenters. The molecule has 0 aliphatic rings. The fourth-order valence-electron chi connectivity index (χ4n) is 1.80. The summed E-state index contributed by atoms with van der Waals surface area (Å²) in [6.07, 6.45) is -1.16. The van der Waals surface area contributed by atoms with Crippen LogP contribution in [0.3, 0.4) is 0 Å². The topological polar surface area (TPSA) is 20.2 Å². The predicted octanol–water partition coefficient (Wildman–Crippen LogP) is 4.66. The molecule has 2 aromatic rings. The zero-order valence-corrected chi connectivity index (χ0v) is 12.0. The number of halogens is 4. The van der Waals surface area contributed by atoms with Crippen molar-refractivity contribution < 1.29 is 13.9 Å². The number of aliphatic hydroxyl groups is 1. The number of benzene rings is 2. The van der Waals surface area contributed by atoms with Crippen LogP contribution in [0.2, 0.25) is 5.02 Å². The van der Waals surface area contributed by atoms with Crippen LogP contribution in [0.1, 0.15) is 17.2 Å². The van der Waals surface area contributed by atoms with Gasteiger partial charge in [0.05, 0.1) is 11.1 Å². The molecular formula is C14H10BrClF2O. The monoisotopic (exact) mass is 346 g/mol. The minimum atomic E-state index is -1.12. The molecule has 0 saturated heterocycles. The van der Waals surface area contributed by atoms with E-state index in [9.17, 15) is 13.9 Å². The summed E-state index contributed by atoms with van der Waals surface area (Å²) in [5.74, 6) is -1.12. The zero-order chi connectivity index (χ0) is 14.0. The van der Waals surface area contributed by atoms with Crippen molar-refractivity contribution in [2.75, 3.05) is 0 Å². The van der Waals surface area contributed by atoms with Crippen LogP contribution < -0.4 is 0 Å². The highest BCUT2D eigenvalue weighted by molar-refractivity contribution is 9.10. The Hall–Kier alpha value is -0.970. The zero-order valence-electron chi connectivity index (χ0n) is 9.71. The predicted molar refractivity (Wildman–Crippen MR) is 74.2 cm³/mol. The van der Waals surface area contributed by atoms with Crippen LogP contribution in [-0.4, -0.2) is 5.11 Å². The van der Waals surface area contributed by atoms with Crippen LogP contribution in [0.25, 0.3) is 0 Å². The lowest BCUT2D eigenvalue weighted by Gasteiger charge is -2.13. The maximum absolute atomic E-state index is 13.7. The van der Waals surface area contributed by atoms with E-state index in [2.05, 4.69) is 15.9 Å². The first-order valence-electron chi connectivity index (χ1n) is 5.55. The Labute approximate surface area is 123 Å². The van der Waals surface area contributed by atoms with Crippen LogP contribution in [0.15, 0.2) is 40.9 Å². The molecule has 0 aromatic heterocycles. The van der Waals surface area contributed by atoms with Crippen LogP contribution in [0, 0.1) is 11.6 Å². The summed E-state index contributed by atoms with van der Waals surface area (Å²) < 4.78 is 28.0. The Morgan fingerprint density at radius 1 is 1.21 bits per heavy atom. The summed E-state index contributed by atoms with van der Waals surface area (Å²) >= 11 is 8.79. The normalized spacial score (nSPS) is 12.5. The summed E-state index contributed by atoms with van der Waals surface area (Å²) in [6, 6.07) is 8.87. The van der Waals surface area contributed by atoms with E-state index < -0.39 is 17.7 Å². The molecule has 0 aliphatic heterocycles. The van der Waals surface area contributed by atoms with Gasteiger partial charge in [0.2, 0.25) is 0 Å². The molecule has 0 aliphatic carbocycles. The van der Waals surface area contributed by atoms with Gasteiger partial charge in [0.15, 0.2) is 0 Å². The summed E-state index contributed by atoms with van der Waals surface area (Å²) in [7, 11) is 0. The Morgan fingerprint density at radius 2 is 1.95 bits per heavy atom. The molecule has 100 valence electrons. The smallest absolute Gasteiger partial charge is 0.145 e. The van der Waals surface area contributed by atoms with Gasteiger partial charge in [0, 0.05) is 16.5 Å². The molecule has 19 heavy (non-hydrogen) atoms. The van der Waals surface area contributed by atoms with E-state index in [0.29, 0.717) is 4.47 Å². The molecule has 0 heterocycles. The molecule has 0 radical (unpaired) electrons. The van der Waals surface area contributed by atoms with Crippen molar-refractivity contribution in [3.8, 4) is 0 Å². The SMILES string of the molecule is OC(Cc1cccc(Cl)c1F)c1ccc(Br)cc1F. The molecule has 0 saturated carbocycles. The lowest BCUT2D eigenvalue weighted by atomic mass is 10.0. The van der Waals surface area contributed by atoms with Crippen LogP contribution in [-0.2, 0) is 6.42 Å². The average Bonchev–Trinajstić information content (AvgIpc) is 2.34. The van der Waals surface area contributed by atoms with Gasteiger partial charge in [-0.1, -0.05) is 45.7 Å². The van der Waals surface area contributed by atoms with Gasteiger partial charge in [-0.2, -0.15) is 0 Å². The summed E-state index contributed by atoms with van der Waals surface area (Å²) in [5, 5.41) is 9.98. The molecule has 2 aromatic carbocycles. The van der Waals surface area contributed by atoms with Crippen molar-refractivity contribution in [2.24, 2.45) is 0 Å². The number of hydrogen-bond acceptors (Lipinski definition) is 1. The lowest BCUT2D eigenvalue weighted by Crippen LogP contribution is -2.06. The first-order chi connectivity index (χ1) is 8.99. The third kappa shape index (κ3) is 3.32. The van der Waals surface area contributed by atoms with E-state index >= 15 is 0 Å². The Morgan fingerprint density at radius 3 is 2.63 bits per heavy atom. The maximum Gasteiger partial charge on any atom is 0.145 e. The van der Waals surface area contributed by atoms with Crippen molar-refractivity contribution in [2.45, 2.75) is 12.5 Å². The second kappa shape index (κ2) is 5.99. The third-order valence-electron chi connectivity index (χ3n) is 2.77. The van der Waals surface area contributed by atoms with Gasteiger partial charge < -0.3 is 5.11 Å². The minimum absolute atomic E-state index is 0.0130. The number of hydrogen-bond donors (Lipinski definition) is 1. The van der Waals surface area contributed by atoms with Crippen LogP contribution >= 0.6 is 27.5 Å². The van der Waals surface area contributed by atoms with Crippen molar-refractivity contribution in [3.05, 3.63) is 68.7 Å². The van der Waals surface area contributed by atoms with E-state index in [-0.39, 0.29) is 22.6 Å². The van der Waals surface area contributed by atoms with Gasteiger partial charge in [0.1, 0.15) is 11.6 Å². The van der Waals surface area contributed by atoms with E-state index in [4.69, 9.17) is 11.6 Å². The molecule has 2 rings (SSSR count).